The Labute approximate surface area is 212 Å². The van der Waals surface area contributed by atoms with Gasteiger partial charge in [0.2, 0.25) is 0 Å². The van der Waals surface area contributed by atoms with Gasteiger partial charge in [0.05, 0.1) is 6.07 Å². The molecule has 0 aliphatic carbocycles. The second kappa shape index (κ2) is 22.5. The van der Waals surface area contributed by atoms with Crippen molar-refractivity contribution in [2.45, 2.75) is 88.0 Å². The van der Waals surface area contributed by atoms with E-state index in [9.17, 15) is 0 Å². The van der Waals surface area contributed by atoms with Gasteiger partial charge in [-0.05, 0) is 89.3 Å². The SMILES string of the molecule is CC.CC.CCCN(CCC)CCCC(C)C#N.Cc1ccccc1N(C)c1ccccc1C. The van der Waals surface area contributed by atoms with Crippen LogP contribution in [0.2, 0.25) is 0 Å². The molecule has 0 amide bonds. The standard InChI is InChI=1S/C15H17N.C12H24N2.2C2H6/c1-12-8-4-6-10-14(12)16(3)15-11-7-5-9-13(15)2;1-4-8-14(9-5-2)10-6-7-12(3)11-13;2*1-2/h4-11H,1-3H3;12H,4-10H2,1-3H3;2*1-2H3. The Morgan fingerprint density at radius 1 is 0.765 bits per heavy atom. The van der Waals surface area contributed by atoms with E-state index in [4.69, 9.17) is 5.26 Å². The molecule has 2 aromatic rings. The molecule has 1 unspecified atom stereocenters. The molecule has 0 aromatic heterocycles. The second-order valence-electron chi connectivity index (χ2n) is 8.15. The Balaban J connectivity index is 0. The largest absolute Gasteiger partial charge is 0.344 e. The average molecular weight is 468 g/mol. The zero-order chi connectivity index (χ0) is 26.4. The van der Waals surface area contributed by atoms with E-state index in [0.29, 0.717) is 0 Å². The van der Waals surface area contributed by atoms with Crippen LogP contribution in [-0.2, 0) is 0 Å². The number of nitrogens with zero attached hydrogens (tertiary/aromatic N) is 3. The molecular formula is C31H53N3. The van der Waals surface area contributed by atoms with Crippen molar-refractivity contribution in [2.24, 2.45) is 5.92 Å². The number of hydrogen-bond donors (Lipinski definition) is 0. The van der Waals surface area contributed by atoms with Crippen LogP contribution in [-0.4, -0.2) is 31.6 Å². The van der Waals surface area contributed by atoms with Crippen LogP contribution in [0.1, 0.15) is 85.3 Å². The Morgan fingerprint density at radius 2 is 1.18 bits per heavy atom. The average Bonchev–Trinajstić information content (AvgIpc) is 2.87. The van der Waals surface area contributed by atoms with E-state index in [1.807, 2.05) is 34.6 Å². The van der Waals surface area contributed by atoms with Gasteiger partial charge in [0.1, 0.15) is 0 Å². The fourth-order valence-electron chi connectivity index (χ4n) is 3.66. The van der Waals surface area contributed by atoms with Gasteiger partial charge in [0.15, 0.2) is 0 Å². The van der Waals surface area contributed by atoms with Crippen LogP contribution in [0.4, 0.5) is 11.4 Å². The van der Waals surface area contributed by atoms with Gasteiger partial charge in [-0.2, -0.15) is 5.26 Å². The molecule has 0 heterocycles. The third-order valence-electron chi connectivity index (χ3n) is 5.37. The van der Waals surface area contributed by atoms with Gasteiger partial charge in [0, 0.05) is 24.3 Å². The van der Waals surface area contributed by atoms with Crippen LogP contribution in [0.15, 0.2) is 48.5 Å². The van der Waals surface area contributed by atoms with E-state index < -0.39 is 0 Å². The molecule has 0 N–H and O–H groups in total. The molecule has 1 atom stereocenters. The molecule has 34 heavy (non-hydrogen) atoms. The van der Waals surface area contributed by atoms with Crippen molar-refractivity contribution >= 4 is 11.4 Å². The van der Waals surface area contributed by atoms with Crippen molar-refractivity contribution in [3.8, 4) is 6.07 Å². The van der Waals surface area contributed by atoms with Crippen molar-refractivity contribution in [2.75, 3.05) is 31.6 Å². The predicted molar refractivity (Wildman–Crippen MR) is 154 cm³/mol. The minimum Gasteiger partial charge on any atom is -0.344 e. The van der Waals surface area contributed by atoms with Gasteiger partial charge in [-0.3, -0.25) is 0 Å². The Bertz CT molecular complexity index is 712. The van der Waals surface area contributed by atoms with Gasteiger partial charge < -0.3 is 9.80 Å². The summed E-state index contributed by atoms with van der Waals surface area (Å²) in [6, 6.07) is 19.2. The molecule has 192 valence electrons. The third kappa shape index (κ3) is 14.1. The summed E-state index contributed by atoms with van der Waals surface area (Å²) < 4.78 is 0. The van der Waals surface area contributed by atoms with Crippen molar-refractivity contribution < 1.29 is 0 Å². The first-order chi connectivity index (χ1) is 16.4. The Kier molecular flexibility index (Phi) is 22.4. The minimum absolute atomic E-state index is 0.222. The molecule has 0 aliphatic rings. The number of nitriles is 1. The first kappa shape index (κ1) is 33.9. The van der Waals surface area contributed by atoms with Crippen LogP contribution in [0.25, 0.3) is 0 Å². The lowest BCUT2D eigenvalue weighted by atomic mass is 10.1. The number of anilines is 2. The van der Waals surface area contributed by atoms with E-state index in [1.165, 1.54) is 48.4 Å². The summed E-state index contributed by atoms with van der Waals surface area (Å²) in [5, 5.41) is 8.64. The zero-order valence-corrected chi connectivity index (χ0v) is 24.0. The smallest absolute Gasteiger partial charge is 0.0652 e. The molecule has 0 saturated carbocycles. The molecule has 3 heteroatoms. The molecule has 0 aliphatic heterocycles. The van der Waals surface area contributed by atoms with Crippen molar-refractivity contribution in [1.82, 2.24) is 4.90 Å². The summed E-state index contributed by atoms with van der Waals surface area (Å²) in [6.07, 6.45) is 4.66. The topological polar surface area (TPSA) is 30.3 Å². The number of hydrogen-bond acceptors (Lipinski definition) is 3. The Hall–Kier alpha value is -2.31. The van der Waals surface area contributed by atoms with Gasteiger partial charge >= 0.3 is 0 Å². The number of benzene rings is 2. The van der Waals surface area contributed by atoms with Crippen molar-refractivity contribution in [1.29, 1.82) is 5.26 Å². The molecule has 3 nitrogen and oxygen atoms in total. The molecule has 0 fully saturated rings. The first-order valence-electron chi connectivity index (χ1n) is 13.4. The number of aryl methyl sites for hydroxylation is 2. The molecule has 2 aromatic carbocycles. The maximum atomic E-state index is 8.64. The summed E-state index contributed by atoms with van der Waals surface area (Å²) in [5.74, 6) is 0.222. The molecule has 0 saturated heterocycles. The zero-order valence-electron chi connectivity index (χ0n) is 24.0. The van der Waals surface area contributed by atoms with Crippen LogP contribution < -0.4 is 4.90 Å². The second-order valence-corrected chi connectivity index (χ2v) is 8.15. The maximum Gasteiger partial charge on any atom is 0.0652 e. The van der Waals surface area contributed by atoms with Crippen LogP contribution >= 0.6 is 0 Å². The van der Waals surface area contributed by atoms with Gasteiger partial charge in [0.25, 0.3) is 0 Å². The molecule has 0 bridgehead atoms. The fourth-order valence-corrected chi connectivity index (χ4v) is 3.66. The van der Waals surface area contributed by atoms with Crippen molar-refractivity contribution in [3.63, 3.8) is 0 Å². The molecule has 0 radical (unpaired) electrons. The lowest BCUT2D eigenvalue weighted by molar-refractivity contribution is 0.266. The van der Waals surface area contributed by atoms with E-state index in [1.54, 1.807) is 0 Å². The van der Waals surface area contributed by atoms with E-state index >= 15 is 0 Å². The Morgan fingerprint density at radius 3 is 1.53 bits per heavy atom. The lowest BCUT2D eigenvalue weighted by Crippen LogP contribution is -2.26. The van der Waals surface area contributed by atoms with Gasteiger partial charge in [-0.25, -0.2) is 0 Å². The highest BCUT2D eigenvalue weighted by molar-refractivity contribution is 5.67. The van der Waals surface area contributed by atoms with Crippen LogP contribution in [0.5, 0.6) is 0 Å². The van der Waals surface area contributed by atoms with E-state index in [0.717, 1.165) is 19.4 Å². The fraction of sp³-hybridized carbons (Fsp3) is 0.581. The summed E-state index contributed by atoms with van der Waals surface area (Å²) in [4.78, 5) is 4.74. The summed E-state index contributed by atoms with van der Waals surface area (Å²) in [5.41, 5.74) is 5.12. The maximum absolute atomic E-state index is 8.64. The highest BCUT2D eigenvalue weighted by Gasteiger charge is 2.07. The van der Waals surface area contributed by atoms with E-state index in [-0.39, 0.29) is 5.92 Å². The predicted octanol–water partition coefficient (Wildman–Crippen LogP) is 9.17. The van der Waals surface area contributed by atoms with Gasteiger partial charge in [-0.15, -0.1) is 0 Å². The number of rotatable bonds is 10. The normalized spacial score (nSPS) is 10.4. The summed E-state index contributed by atoms with van der Waals surface area (Å²) in [7, 11) is 2.12. The third-order valence-corrected chi connectivity index (χ3v) is 5.37. The first-order valence-corrected chi connectivity index (χ1v) is 13.4. The molecular weight excluding hydrogens is 414 g/mol. The highest BCUT2D eigenvalue weighted by Crippen LogP contribution is 2.28. The van der Waals surface area contributed by atoms with Crippen molar-refractivity contribution in [3.05, 3.63) is 59.7 Å². The monoisotopic (exact) mass is 467 g/mol. The molecule has 0 spiro atoms. The summed E-state index contributed by atoms with van der Waals surface area (Å²) in [6.45, 7) is 22.3. The highest BCUT2D eigenvalue weighted by atomic mass is 15.1. The lowest BCUT2D eigenvalue weighted by Gasteiger charge is -2.23. The summed E-state index contributed by atoms with van der Waals surface area (Å²) >= 11 is 0. The van der Waals surface area contributed by atoms with E-state index in [2.05, 4.69) is 99.1 Å². The van der Waals surface area contributed by atoms with Gasteiger partial charge in [-0.1, -0.05) is 77.9 Å². The number of para-hydroxylation sites is 2. The van der Waals surface area contributed by atoms with Crippen LogP contribution in [0, 0.1) is 31.1 Å². The van der Waals surface area contributed by atoms with Crippen LogP contribution in [0.3, 0.4) is 0 Å². The quantitative estimate of drug-likeness (QED) is 0.349. The molecule has 2 rings (SSSR count). The minimum atomic E-state index is 0.222.